The maximum atomic E-state index is 10.3. The lowest BCUT2D eigenvalue weighted by molar-refractivity contribution is -0.315. The van der Waals surface area contributed by atoms with Crippen LogP contribution in [0.25, 0.3) is 0 Å². The third-order valence-electron chi connectivity index (χ3n) is 3.65. The van der Waals surface area contributed by atoms with Gasteiger partial charge in [0.25, 0.3) is 5.97 Å². The lowest BCUT2D eigenvalue weighted by Crippen LogP contribution is -2.26. The second kappa shape index (κ2) is 13.0. The predicted octanol–water partition coefficient (Wildman–Crippen LogP) is 3.16. The van der Waals surface area contributed by atoms with Gasteiger partial charge in [-0.2, -0.15) is 0 Å². The van der Waals surface area contributed by atoms with Crippen LogP contribution in [0.2, 0.25) is 0 Å². The summed E-state index contributed by atoms with van der Waals surface area (Å²) in [6.07, 6.45) is 13.2. The summed E-state index contributed by atoms with van der Waals surface area (Å²) in [6.45, 7) is 0. The van der Waals surface area contributed by atoms with E-state index in [0.717, 1.165) is 38.5 Å². The van der Waals surface area contributed by atoms with Crippen LogP contribution in [0.1, 0.15) is 89.9 Å². The highest BCUT2D eigenvalue weighted by molar-refractivity contribution is 5.66. The first-order valence-corrected chi connectivity index (χ1v) is 8.31. The van der Waals surface area contributed by atoms with E-state index in [1.54, 1.807) is 0 Å². The van der Waals surface area contributed by atoms with Crippen LogP contribution in [-0.4, -0.2) is 32.4 Å². The average molecular weight is 304 g/mol. The summed E-state index contributed by atoms with van der Waals surface area (Å²) < 4.78 is 0. The molecule has 5 nitrogen and oxygen atoms in total. The van der Waals surface area contributed by atoms with Crippen molar-refractivity contribution in [1.29, 1.82) is 0 Å². The maximum absolute atomic E-state index is 10.3. The van der Waals surface area contributed by atoms with Crippen LogP contribution in [-0.2, 0) is 4.79 Å². The van der Waals surface area contributed by atoms with E-state index in [1.165, 1.54) is 32.1 Å². The van der Waals surface area contributed by atoms with Crippen LogP contribution >= 0.6 is 0 Å². The van der Waals surface area contributed by atoms with Gasteiger partial charge in [0.15, 0.2) is 0 Å². The predicted molar refractivity (Wildman–Crippen MR) is 81.7 cm³/mol. The van der Waals surface area contributed by atoms with E-state index in [1.807, 2.05) is 0 Å². The normalized spacial score (nSPS) is 11.8. The fourth-order valence-corrected chi connectivity index (χ4v) is 2.41. The van der Waals surface area contributed by atoms with Gasteiger partial charge in [-0.25, -0.2) is 0 Å². The van der Waals surface area contributed by atoms with Crippen molar-refractivity contribution in [3.8, 4) is 0 Å². The Morgan fingerprint density at radius 1 is 0.619 bits per heavy atom. The quantitative estimate of drug-likeness (QED) is 0.275. The molecule has 0 aromatic rings. The number of carbonyl (C=O) groups is 1. The number of hydrogen-bond acceptors (Lipinski definition) is 4. The fourth-order valence-electron chi connectivity index (χ4n) is 2.41. The van der Waals surface area contributed by atoms with Crippen molar-refractivity contribution < 1.29 is 25.2 Å². The Morgan fingerprint density at radius 2 is 0.952 bits per heavy atom. The Labute approximate surface area is 128 Å². The minimum absolute atomic E-state index is 0.0227. The molecule has 0 saturated carbocycles. The average Bonchev–Trinajstić information content (AvgIpc) is 2.37. The summed E-state index contributed by atoms with van der Waals surface area (Å²) >= 11 is 0. The maximum Gasteiger partial charge on any atom is 0.303 e. The van der Waals surface area contributed by atoms with E-state index < -0.39 is 11.9 Å². The molecule has 0 rings (SSSR count). The fraction of sp³-hybridized carbons (Fsp3) is 0.938. The highest BCUT2D eigenvalue weighted by Gasteiger charge is 2.16. The molecule has 0 amide bonds. The monoisotopic (exact) mass is 304 g/mol. The molecule has 4 N–H and O–H groups in total. The first-order valence-electron chi connectivity index (χ1n) is 8.31. The zero-order valence-electron chi connectivity index (χ0n) is 13.1. The van der Waals surface area contributed by atoms with Gasteiger partial charge in [-0.3, -0.25) is 4.79 Å². The number of carboxylic acid groups (broad SMARTS) is 1. The van der Waals surface area contributed by atoms with Crippen LogP contribution in [0.5, 0.6) is 0 Å². The molecule has 0 fully saturated rings. The minimum Gasteiger partial charge on any atom is -0.481 e. The van der Waals surface area contributed by atoms with Gasteiger partial charge < -0.3 is 20.4 Å². The lowest BCUT2D eigenvalue weighted by Gasteiger charge is -2.12. The zero-order chi connectivity index (χ0) is 16.0. The van der Waals surface area contributed by atoms with Crippen LogP contribution < -0.4 is 0 Å². The van der Waals surface area contributed by atoms with Crippen LogP contribution in [0.4, 0.5) is 0 Å². The number of carboxylic acids is 1. The number of hydrogen-bond donors (Lipinski definition) is 4. The Bertz CT molecular complexity index is 248. The highest BCUT2D eigenvalue weighted by Crippen LogP contribution is 2.14. The summed E-state index contributed by atoms with van der Waals surface area (Å²) in [5, 5.41) is 34.6. The van der Waals surface area contributed by atoms with E-state index >= 15 is 0 Å². The molecule has 5 heteroatoms. The van der Waals surface area contributed by atoms with Crippen molar-refractivity contribution in [3.63, 3.8) is 0 Å². The summed E-state index contributed by atoms with van der Waals surface area (Å²) in [5.41, 5.74) is 0. The molecule has 126 valence electrons. The largest absolute Gasteiger partial charge is 0.481 e. The third-order valence-corrected chi connectivity index (χ3v) is 3.65. The van der Waals surface area contributed by atoms with Crippen LogP contribution in [0.15, 0.2) is 0 Å². The van der Waals surface area contributed by atoms with Gasteiger partial charge in [0.1, 0.15) is 0 Å². The summed E-state index contributed by atoms with van der Waals surface area (Å²) in [5.74, 6) is -3.19. The van der Waals surface area contributed by atoms with Gasteiger partial charge >= 0.3 is 5.97 Å². The molecule has 21 heavy (non-hydrogen) atoms. The molecule has 0 aromatic heterocycles. The molecule has 0 aliphatic rings. The van der Waals surface area contributed by atoms with Crippen molar-refractivity contribution in [2.24, 2.45) is 0 Å². The first-order chi connectivity index (χ1) is 9.92. The molecule has 0 spiro atoms. The molecular formula is C16H32O5. The lowest BCUT2D eigenvalue weighted by atomic mass is 10.0. The highest BCUT2D eigenvalue weighted by atomic mass is 16.7. The van der Waals surface area contributed by atoms with Crippen molar-refractivity contribution in [2.75, 3.05) is 0 Å². The number of unbranched alkanes of at least 4 members (excludes halogenated alkanes) is 11. The van der Waals surface area contributed by atoms with Gasteiger partial charge in [0, 0.05) is 12.8 Å². The molecular weight excluding hydrogens is 272 g/mol. The topological polar surface area (TPSA) is 98.0 Å². The number of aliphatic carboxylic acids is 1. The summed E-state index contributed by atoms with van der Waals surface area (Å²) in [6, 6.07) is 0. The van der Waals surface area contributed by atoms with E-state index in [2.05, 4.69) is 0 Å². The molecule has 0 unspecified atom stereocenters. The van der Waals surface area contributed by atoms with E-state index in [0.29, 0.717) is 12.8 Å². The summed E-state index contributed by atoms with van der Waals surface area (Å²) in [7, 11) is 0. The number of rotatable bonds is 15. The molecule has 0 aliphatic carbocycles. The van der Waals surface area contributed by atoms with Gasteiger partial charge in [0.05, 0.1) is 0 Å². The molecule has 0 atom stereocenters. The van der Waals surface area contributed by atoms with E-state index in [-0.39, 0.29) is 6.42 Å². The molecule has 0 aromatic carbocycles. The summed E-state index contributed by atoms with van der Waals surface area (Å²) in [4.78, 5) is 10.3. The van der Waals surface area contributed by atoms with Crippen molar-refractivity contribution in [3.05, 3.63) is 0 Å². The molecule has 0 heterocycles. The molecule has 0 saturated heterocycles. The van der Waals surface area contributed by atoms with Gasteiger partial charge in [-0.05, 0) is 12.8 Å². The van der Waals surface area contributed by atoms with E-state index in [9.17, 15) is 4.79 Å². The Hall–Kier alpha value is -0.650. The van der Waals surface area contributed by atoms with Gasteiger partial charge in [-0.1, -0.05) is 64.2 Å². The second-order valence-corrected chi connectivity index (χ2v) is 5.91. The Kier molecular flexibility index (Phi) is 12.6. The molecule has 0 aliphatic heterocycles. The van der Waals surface area contributed by atoms with Gasteiger partial charge in [-0.15, -0.1) is 0 Å². The van der Waals surface area contributed by atoms with Crippen molar-refractivity contribution >= 4 is 5.97 Å². The second-order valence-electron chi connectivity index (χ2n) is 5.91. The van der Waals surface area contributed by atoms with Crippen LogP contribution in [0.3, 0.4) is 0 Å². The van der Waals surface area contributed by atoms with E-state index in [4.69, 9.17) is 20.4 Å². The standard InChI is InChI=1S/C16H32O5/c17-15(18)13-11-9-7-5-3-1-2-4-6-8-10-12-14-16(19,20)21/h19-21H,1-14H2,(H,17,18). The zero-order valence-corrected chi connectivity index (χ0v) is 13.1. The minimum atomic E-state index is -2.50. The Balaban J connectivity index is 3.04. The first kappa shape index (κ1) is 20.3. The number of aliphatic hydroxyl groups is 3. The van der Waals surface area contributed by atoms with Crippen molar-refractivity contribution in [1.82, 2.24) is 0 Å². The van der Waals surface area contributed by atoms with Crippen LogP contribution in [0, 0.1) is 0 Å². The molecule has 0 radical (unpaired) electrons. The third kappa shape index (κ3) is 19.4. The van der Waals surface area contributed by atoms with Crippen molar-refractivity contribution in [2.45, 2.75) is 95.9 Å². The Morgan fingerprint density at radius 3 is 1.29 bits per heavy atom. The molecule has 0 bridgehead atoms. The van der Waals surface area contributed by atoms with Gasteiger partial charge in [0.2, 0.25) is 0 Å². The SMILES string of the molecule is O=C(O)CCCCCCCCCCCCCCC(O)(O)O. The smallest absolute Gasteiger partial charge is 0.303 e.